The van der Waals surface area contributed by atoms with E-state index in [1.54, 1.807) is 32.0 Å². The monoisotopic (exact) mass is 421 g/mol. The van der Waals surface area contributed by atoms with Gasteiger partial charge in [0, 0.05) is 12.1 Å². The first-order chi connectivity index (χ1) is 14.0. The van der Waals surface area contributed by atoms with Crippen LogP contribution in [0, 0.1) is 17.2 Å². The molecule has 0 aliphatic heterocycles. The second-order valence-electron chi connectivity index (χ2n) is 7.02. The summed E-state index contributed by atoms with van der Waals surface area (Å²) < 4.78 is 0. The first kappa shape index (κ1) is 24.6. The van der Waals surface area contributed by atoms with E-state index >= 15 is 0 Å². The third-order valence-corrected chi connectivity index (χ3v) is 4.43. The van der Waals surface area contributed by atoms with E-state index in [-0.39, 0.29) is 24.5 Å². The molecule has 0 saturated carbocycles. The molecule has 11 heteroatoms. The number of nitrogens with two attached hydrogens (primary N) is 2. The minimum absolute atomic E-state index is 0.0668. The van der Waals surface area contributed by atoms with Crippen molar-refractivity contribution in [3.8, 4) is 0 Å². The molecule has 0 spiro atoms. The van der Waals surface area contributed by atoms with Crippen molar-refractivity contribution in [1.29, 1.82) is 5.41 Å². The average Bonchev–Trinajstić information content (AvgIpc) is 2.65. The SMILES string of the molecule is CC(C)[C@H](NC(=O)[C@@H](N)C(C(=O)O)C(=O)c1ccccc1CCNC(=N)N)C(=O)O. The Morgan fingerprint density at radius 2 is 1.70 bits per heavy atom. The number of carbonyl (C=O) groups excluding carboxylic acids is 2. The van der Waals surface area contributed by atoms with Gasteiger partial charge in [-0.3, -0.25) is 19.8 Å². The second-order valence-corrected chi connectivity index (χ2v) is 7.02. The zero-order valence-corrected chi connectivity index (χ0v) is 16.7. The van der Waals surface area contributed by atoms with Crippen LogP contribution in [0.4, 0.5) is 0 Å². The highest BCUT2D eigenvalue weighted by atomic mass is 16.4. The minimum Gasteiger partial charge on any atom is -0.481 e. The molecule has 1 aromatic carbocycles. The third kappa shape index (κ3) is 6.55. The molecule has 11 nitrogen and oxygen atoms in total. The highest BCUT2D eigenvalue weighted by Crippen LogP contribution is 2.18. The van der Waals surface area contributed by atoms with Gasteiger partial charge in [0.15, 0.2) is 11.7 Å². The van der Waals surface area contributed by atoms with Gasteiger partial charge in [0.1, 0.15) is 18.0 Å². The predicted octanol–water partition coefficient (Wildman–Crippen LogP) is -0.852. The molecule has 30 heavy (non-hydrogen) atoms. The van der Waals surface area contributed by atoms with Crippen LogP contribution in [-0.4, -0.2) is 58.4 Å². The van der Waals surface area contributed by atoms with E-state index in [0.29, 0.717) is 5.56 Å². The number of carboxylic acid groups (broad SMARTS) is 2. The first-order valence-corrected chi connectivity index (χ1v) is 9.18. The Bertz CT molecular complexity index is 825. The summed E-state index contributed by atoms with van der Waals surface area (Å²) in [5.41, 5.74) is 11.6. The molecule has 9 N–H and O–H groups in total. The highest BCUT2D eigenvalue weighted by molar-refractivity contribution is 6.12. The largest absolute Gasteiger partial charge is 0.481 e. The molecular formula is C19H27N5O6. The van der Waals surface area contributed by atoms with Crippen molar-refractivity contribution < 1.29 is 29.4 Å². The Kier molecular flexibility index (Phi) is 8.93. The van der Waals surface area contributed by atoms with Gasteiger partial charge in [-0.2, -0.15) is 0 Å². The van der Waals surface area contributed by atoms with Gasteiger partial charge in [0.25, 0.3) is 0 Å². The van der Waals surface area contributed by atoms with E-state index < -0.39 is 47.5 Å². The van der Waals surface area contributed by atoms with E-state index in [2.05, 4.69) is 10.6 Å². The lowest BCUT2D eigenvalue weighted by atomic mass is 9.87. The van der Waals surface area contributed by atoms with Gasteiger partial charge in [-0.15, -0.1) is 0 Å². The molecule has 1 aromatic rings. The van der Waals surface area contributed by atoms with Gasteiger partial charge in [-0.1, -0.05) is 38.1 Å². The van der Waals surface area contributed by atoms with Crippen molar-refractivity contribution in [1.82, 2.24) is 10.6 Å². The lowest BCUT2D eigenvalue weighted by Crippen LogP contribution is -2.55. The highest BCUT2D eigenvalue weighted by Gasteiger charge is 2.39. The average molecular weight is 421 g/mol. The Hall–Kier alpha value is -3.47. The van der Waals surface area contributed by atoms with Crippen molar-refractivity contribution in [2.75, 3.05) is 6.54 Å². The number of guanidine groups is 1. The van der Waals surface area contributed by atoms with Crippen LogP contribution in [-0.2, 0) is 20.8 Å². The van der Waals surface area contributed by atoms with Crippen molar-refractivity contribution >= 4 is 29.6 Å². The number of rotatable bonds is 11. The van der Waals surface area contributed by atoms with Crippen LogP contribution in [0.5, 0.6) is 0 Å². The standard InChI is InChI=1S/C19H27N5O6/c1-9(2)14(18(29)30)24-16(26)13(20)12(17(27)28)15(25)11-6-4-3-5-10(11)7-8-23-19(21)22/h3-6,9,12-14H,7-8,20H2,1-2H3,(H,24,26)(H,27,28)(H,29,30)(H4,21,22,23)/t12?,13-,14-/m0/s1. The molecular weight excluding hydrogens is 394 g/mol. The van der Waals surface area contributed by atoms with Gasteiger partial charge in [0.2, 0.25) is 5.91 Å². The fourth-order valence-corrected chi connectivity index (χ4v) is 2.82. The van der Waals surface area contributed by atoms with Crippen LogP contribution < -0.4 is 22.1 Å². The predicted molar refractivity (Wildman–Crippen MR) is 108 cm³/mol. The molecule has 3 atom stereocenters. The molecule has 0 aliphatic carbocycles. The number of hydrogen-bond donors (Lipinski definition) is 7. The fraction of sp³-hybridized carbons (Fsp3) is 0.421. The minimum atomic E-state index is -1.91. The number of carboxylic acids is 2. The zero-order valence-electron chi connectivity index (χ0n) is 16.7. The van der Waals surface area contributed by atoms with E-state index in [1.807, 2.05) is 0 Å². The lowest BCUT2D eigenvalue weighted by molar-refractivity contribution is -0.145. The van der Waals surface area contributed by atoms with Gasteiger partial charge in [-0.05, 0) is 17.9 Å². The van der Waals surface area contributed by atoms with Crippen LogP contribution in [0.15, 0.2) is 24.3 Å². The van der Waals surface area contributed by atoms with Gasteiger partial charge in [0.05, 0.1) is 0 Å². The Morgan fingerprint density at radius 1 is 1.10 bits per heavy atom. The van der Waals surface area contributed by atoms with E-state index in [1.165, 1.54) is 6.07 Å². The molecule has 164 valence electrons. The zero-order chi connectivity index (χ0) is 23.0. The summed E-state index contributed by atoms with van der Waals surface area (Å²) in [6.07, 6.45) is 0.268. The summed E-state index contributed by atoms with van der Waals surface area (Å²) >= 11 is 0. The second kappa shape index (κ2) is 10.9. The van der Waals surface area contributed by atoms with Crippen LogP contribution in [0.2, 0.25) is 0 Å². The van der Waals surface area contributed by atoms with Crippen LogP contribution in [0.25, 0.3) is 0 Å². The number of benzene rings is 1. The van der Waals surface area contributed by atoms with Gasteiger partial charge >= 0.3 is 11.9 Å². The maximum absolute atomic E-state index is 13.0. The molecule has 1 unspecified atom stereocenters. The Labute approximate surface area is 173 Å². The normalized spacial score (nSPS) is 13.7. The molecule has 1 rings (SSSR count). The van der Waals surface area contributed by atoms with Crippen molar-refractivity contribution in [2.45, 2.75) is 32.4 Å². The molecule has 0 fully saturated rings. The third-order valence-electron chi connectivity index (χ3n) is 4.43. The first-order valence-electron chi connectivity index (χ1n) is 9.18. The smallest absolute Gasteiger partial charge is 0.326 e. The molecule has 0 saturated heterocycles. The summed E-state index contributed by atoms with van der Waals surface area (Å²) in [5, 5.41) is 30.7. The number of Topliss-reactive ketones (excluding diaryl/α,β-unsaturated/α-hetero) is 1. The number of nitrogens with one attached hydrogen (secondary N) is 3. The Morgan fingerprint density at radius 3 is 2.20 bits per heavy atom. The topological polar surface area (TPSA) is 209 Å². The summed E-state index contributed by atoms with van der Waals surface area (Å²) in [4.78, 5) is 48.4. The molecule has 0 aliphatic rings. The van der Waals surface area contributed by atoms with E-state index in [4.69, 9.17) is 16.9 Å². The Balaban J connectivity index is 3.11. The summed E-state index contributed by atoms with van der Waals surface area (Å²) in [6, 6.07) is 3.15. The summed E-state index contributed by atoms with van der Waals surface area (Å²) in [5.74, 6) is -7.46. The molecule has 0 radical (unpaired) electrons. The maximum atomic E-state index is 13.0. The number of carbonyl (C=O) groups is 4. The van der Waals surface area contributed by atoms with Crippen LogP contribution in [0.1, 0.15) is 29.8 Å². The number of amides is 1. The van der Waals surface area contributed by atoms with Gasteiger partial charge < -0.3 is 32.3 Å². The fourth-order valence-electron chi connectivity index (χ4n) is 2.82. The summed E-state index contributed by atoms with van der Waals surface area (Å²) in [6.45, 7) is 3.37. The summed E-state index contributed by atoms with van der Waals surface area (Å²) in [7, 11) is 0. The number of aliphatic carboxylic acids is 2. The van der Waals surface area contributed by atoms with Crippen molar-refractivity contribution in [2.24, 2.45) is 23.3 Å². The van der Waals surface area contributed by atoms with Gasteiger partial charge in [-0.25, -0.2) is 4.79 Å². The van der Waals surface area contributed by atoms with Crippen molar-refractivity contribution in [3.05, 3.63) is 35.4 Å². The van der Waals surface area contributed by atoms with E-state index in [0.717, 1.165) is 0 Å². The van der Waals surface area contributed by atoms with Crippen molar-refractivity contribution in [3.63, 3.8) is 0 Å². The maximum Gasteiger partial charge on any atom is 0.326 e. The van der Waals surface area contributed by atoms with Crippen LogP contribution in [0.3, 0.4) is 0 Å². The molecule has 1 amide bonds. The number of ketones is 1. The number of hydrogen-bond acceptors (Lipinski definition) is 6. The molecule has 0 aromatic heterocycles. The van der Waals surface area contributed by atoms with E-state index in [9.17, 15) is 29.4 Å². The molecule has 0 bridgehead atoms. The lowest BCUT2D eigenvalue weighted by Gasteiger charge is -2.23. The van der Waals surface area contributed by atoms with Crippen LogP contribution >= 0.6 is 0 Å². The quantitative estimate of drug-likeness (QED) is 0.102. The molecule has 0 heterocycles.